The van der Waals surface area contributed by atoms with Gasteiger partial charge in [-0.25, -0.2) is 4.98 Å². The van der Waals surface area contributed by atoms with Gasteiger partial charge in [-0.2, -0.15) is 0 Å². The van der Waals surface area contributed by atoms with Gasteiger partial charge in [-0.1, -0.05) is 54.6 Å². The number of hydrogen-bond acceptors (Lipinski definition) is 2. The Morgan fingerprint density at radius 3 is 2.57 bits per heavy atom. The van der Waals surface area contributed by atoms with Gasteiger partial charge in [-0.05, 0) is 17.5 Å². The molecule has 2 aromatic carbocycles. The number of nitrogens with zero attached hydrogens (tertiary/aromatic N) is 1. The summed E-state index contributed by atoms with van der Waals surface area (Å²) in [7, 11) is 0. The zero-order chi connectivity index (χ0) is 14.2. The third-order valence-electron chi connectivity index (χ3n) is 4.01. The van der Waals surface area contributed by atoms with E-state index < -0.39 is 0 Å². The van der Waals surface area contributed by atoms with Crippen molar-refractivity contribution in [3.63, 3.8) is 0 Å². The molecule has 0 saturated heterocycles. The lowest BCUT2D eigenvalue weighted by Crippen LogP contribution is -2.23. The highest BCUT2D eigenvalue weighted by molar-refractivity contribution is 5.58. The molecule has 0 amide bonds. The molecule has 1 unspecified atom stereocenters. The number of rotatable bonds is 2. The predicted molar refractivity (Wildman–Crippen MR) is 82.3 cm³/mol. The van der Waals surface area contributed by atoms with Crippen molar-refractivity contribution in [2.45, 2.75) is 12.3 Å². The Bertz CT molecular complexity index is 852. The topological polar surface area (TPSA) is 45.8 Å². The maximum Gasteiger partial charge on any atom is 0.251 e. The van der Waals surface area contributed by atoms with Gasteiger partial charge in [0.05, 0.1) is 5.69 Å². The highest BCUT2D eigenvalue weighted by atomic mass is 16.1. The molecule has 3 nitrogen and oxygen atoms in total. The first-order valence-corrected chi connectivity index (χ1v) is 7.06. The van der Waals surface area contributed by atoms with E-state index in [1.165, 1.54) is 11.1 Å². The van der Waals surface area contributed by atoms with Crippen molar-refractivity contribution in [3.8, 4) is 11.3 Å². The van der Waals surface area contributed by atoms with Crippen LogP contribution in [0.5, 0.6) is 0 Å². The molecule has 1 aromatic heterocycles. The van der Waals surface area contributed by atoms with Crippen LogP contribution >= 0.6 is 0 Å². The first-order chi connectivity index (χ1) is 10.3. The molecule has 4 rings (SSSR count). The molecule has 0 fully saturated rings. The molecule has 1 heterocycles. The standard InChI is InChI=1S/C18H14N2O/c21-17-11-16(12-6-2-1-3-7-12)19-18(20-17)15-10-13-8-4-5-9-14(13)15/h1-9,11,15H,10H2,(H,19,20,21). The lowest BCUT2D eigenvalue weighted by atomic mass is 9.77. The molecular weight excluding hydrogens is 260 g/mol. The number of aromatic nitrogens is 2. The van der Waals surface area contributed by atoms with E-state index in [-0.39, 0.29) is 11.5 Å². The zero-order valence-corrected chi connectivity index (χ0v) is 11.4. The first-order valence-electron chi connectivity index (χ1n) is 7.06. The summed E-state index contributed by atoms with van der Waals surface area (Å²) >= 11 is 0. The zero-order valence-electron chi connectivity index (χ0n) is 11.4. The summed E-state index contributed by atoms with van der Waals surface area (Å²) < 4.78 is 0. The van der Waals surface area contributed by atoms with E-state index in [4.69, 9.17) is 0 Å². The second kappa shape index (κ2) is 4.70. The lowest BCUT2D eigenvalue weighted by molar-refractivity contribution is 0.657. The van der Waals surface area contributed by atoms with Gasteiger partial charge in [0.15, 0.2) is 0 Å². The van der Waals surface area contributed by atoms with Crippen LogP contribution in [0.4, 0.5) is 0 Å². The number of hydrogen-bond donors (Lipinski definition) is 1. The highest BCUT2D eigenvalue weighted by Gasteiger charge is 2.29. The third-order valence-corrected chi connectivity index (χ3v) is 4.01. The van der Waals surface area contributed by atoms with Crippen LogP contribution in [0, 0.1) is 0 Å². The second-order valence-corrected chi connectivity index (χ2v) is 5.34. The Kier molecular flexibility index (Phi) is 2.71. The molecule has 0 radical (unpaired) electrons. The minimum absolute atomic E-state index is 0.0942. The van der Waals surface area contributed by atoms with Crippen molar-refractivity contribution in [2.75, 3.05) is 0 Å². The van der Waals surface area contributed by atoms with E-state index in [9.17, 15) is 4.79 Å². The smallest absolute Gasteiger partial charge is 0.251 e. The maximum absolute atomic E-state index is 11.9. The largest absolute Gasteiger partial charge is 0.310 e. The molecule has 102 valence electrons. The van der Waals surface area contributed by atoms with Gasteiger partial charge in [0, 0.05) is 17.5 Å². The van der Waals surface area contributed by atoms with Crippen molar-refractivity contribution in [2.24, 2.45) is 0 Å². The number of H-pyrrole nitrogens is 1. The van der Waals surface area contributed by atoms with E-state index in [0.29, 0.717) is 0 Å². The van der Waals surface area contributed by atoms with Crippen LogP contribution in [0.3, 0.4) is 0 Å². The summed E-state index contributed by atoms with van der Waals surface area (Å²) in [5.41, 5.74) is 4.22. The van der Waals surface area contributed by atoms with Gasteiger partial charge >= 0.3 is 0 Å². The lowest BCUT2D eigenvalue weighted by Gasteiger charge is -2.29. The van der Waals surface area contributed by atoms with E-state index in [1.807, 2.05) is 42.5 Å². The Morgan fingerprint density at radius 2 is 1.76 bits per heavy atom. The molecular formula is C18H14N2O. The molecule has 1 N–H and O–H groups in total. The average molecular weight is 274 g/mol. The van der Waals surface area contributed by atoms with Crippen LogP contribution in [-0.2, 0) is 6.42 Å². The van der Waals surface area contributed by atoms with Crippen molar-refractivity contribution >= 4 is 0 Å². The predicted octanol–water partition coefficient (Wildman–Crippen LogP) is 3.12. The molecule has 0 saturated carbocycles. The van der Waals surface area contributed by atoms with Crippen LogP contribution < -0.4 is 5.56 Å². The minimum atomic E-state index is -0.0942. The molecule has 3 aromatic rings. The summed E-state index contributed by atoms with van der Waals surface area (Å²) in [4.78, 5) is 19.5. The van der Waals surface area contributed by atoms with E-state index in [0.717, 1.165) is 23.5 Å². The molecule has 1 aliphatic carbocycles. The van der Waals surface area contributed by atoms with Gasteiger partial charge in [-0.15, -0.1) is 0 Å². The van der Waals surface area contributed by atoms with Gasteiger partial charge in [0.2, 0.25) is 0 Å². The number of fused-ring (bicyclic) bond motifs is 1. The minimum Gasteiger partial charge on any atom is -0.310 e. The third kappa shape index (κ3) is 2.07. The molecule has 0 spiro atoms. The summed E-state index contributed by atoms with van der Waals surface area (Å²) in [6.07, 6.45) is 0.942. The Hall–Kier alpha value is -2.68. The maximum atomic E-state index is 11.9. The Morgan fingerprint density at radius 1 is 1.00 bits per heavy atom. The summed E-state index contributed by atoms with van der Waals surface area (Å²) in [6.45, 7) is 0. The van der Waals surface area contributed by atoms with Crippen LogP contribution in [-0.4, -0.2) is 9.97 Å². The molecule has 1 aliphatic rings. The van der Waals surface area contributed by atoms with Crippen LogP contribution in [0.2, 0.25) is 0 Å². The van der Waals surface area contributed by atoms with Crippen LogP contribution in [0.25, 0.3) is 11.3 Å². The first kappa shape index (κ1) is 12.1. The van der Waals surface area contributed by atoms with Crippen molar-refractivity contribution in [1.82, 2.24) is 9.97 Å². The molecule has 0 bridgehead atoms. The molecule has 1 atom stereocenters. The van der Waals surface area contributed by atoms with Gasteiger partial charge in [-0.3, -0.25) is 4.79 Å². The Labute approximate surface area is 122 Å². The van der Waals surface area contributed by atoms with Crippen molar-refractivity contribution in [1.29, 1.82) is 0 Å². The highest BCUT2D eigenvalue weighted by Crippen LogP contribution is 2.38. The van der Waals surface area contributed by atoms with Gasteiger partial charge < -0.3 is 4.98 Å². The normalized spacial score (nSPS) is 16.1. The van der Waals surface area contributed by atoms with Crippen molar-refractivity contribution in [3.05, 3.63) is 88.0 Å². The second-order valence-electron chi connectivity index (χ2n) is 5.34. The molecule has 0 aliphatic heterocycles. The van der Waals surface area contributed by atoms with E-state index in [2.05, 4.69) is 22.1 Å². The fourth-order valence-corrected chi connectivity index (χ4v) is 2.90. The van der Waals surface area contributed by atoms with Gasteiger partial charge in [0.25, 0.3) is 5.56 Å². The summed E-state index contributed by atoms with van der Waals surface area (Å²) in [6, 6.07) is 19.7. The fourth-order valence-electron chi connectivity index (χ4n) is 2.90. The molecule has 3 heteroatoms. The average Bonchev–Trinajstić information content (AvgIpc) is 2.49. The summed E-state index contributed by atoms with van der Waals surface area (Å²) in [5, 5.41) is 0. The van der Waals surface area contributed by atoms with E-state index in [1.54, 1.807) is 6.07 Å². The Balaban J connectivity index is 1.79. The number of nitrogens with one attached hydrogen (secondary N) is 1. The monoisotopic (exact) mass is 274 g/mol. The fraction of sp³-hybridized carbons (Fsp3) is 0.111. The van der Waals surface area contributed by atoms with Crippen LogP contribution in [0.15, 0.2) is 65.5 Å². The quantitative estimate of drug-likeness (QED) is 0.780. The van der Waals surface area contributed by atoms with Crippen LogP contribution in [0.1, 0.15) is 22.9 Å². The number of aromatic amines is 1. The summed E-state index contributed by atoms with van der Waals surface area (Å²) in [5.74, 6) is 0.970. The molecule has 21 heavy (non-hydrogen) atoms. The number of benzene rings is 2. The van der Waals surface area contributed by atoms with Crippen molar-refractivity contribution < 1.29 is 0 Å². The van der Waals surface area contributed by atoms with Gasteiger partial charge in [0.1, 0.15) is 5.82 Å². The van der Waals surface area contributed by atoms with E-state index >= 15 is 0 Å². The SMILES string of the molecule is O=c1cc(-c2ccccc2)nc(C2Cc3ccccc32)[nH]1.